The predicted octanol–water partition coefficient (Wildman–Crippen LogP) is 3.32. The van der Waals surface area contributed by atoms with E-state index in [0.717, 1.165) is 48.2 Å². The summed E-state index contributed by atoms with van der Waals surface area (Å²) >= 11 is 0. The molecule has 0 spiro atoms. The first-order valence-corrected chi connectivity index (χ1v) is 12.2. The molecule has 3 aliphatic rings. The number of piperidine rings is 1. The van der Waals surface area contributed by atoms with Crippen LogP contribution in [0, 0.1) is 0 Å². The summed E-state index contributed by atoms with van der Waals surface area (Å²) in [7, 11) is 2.13. The average molecular weight is 469 g/mol. The van der Waals surface area contributed by atoms with Crippen molar-refractivity contribution in [2.75, 3.05) is 29.9 Å². The van der Waals surface area contributed by atoms with E-state index in [2.05, 4.69) is 52.5 Å². The van der Waals surface area contributed by atoms with Crippen molar-refractivity contribution in [3.05, 3.63) is 71.8 Å². The van der Waals surface area contributed by atoms with E-state index in [1.807, 2.05) is 30.3 Å². The van der Waals surface area contributed by atoms with Gasteiger partial charge in [-0.25, -0.2) is 0 Å². The smallest absolute Gasteiger partial charge is 0.259 e. The van der Waals surface area contributed by atoms with Gasteiger partial charge in [0.1, 0.15) is 6.04 Å². The van der Waals surface area contributed by atoms with Gasteiger partial charge in [-0.2, -0.15) is 0 Å². The van der Waals surface area contributed by atoms with Gasteiger partial charge in [-0.1, -0.05) is 42.5 Å². The maximum absolute atomic E-state index is 13.4. The summed E-state index contributed by atoms with van der Waals surface area (Å²) in [6.45, 7) is 2.98. The lowest BCUT2D eigenvalue weighted by Crippen LogP contribution is -2.53. The van der Waals surface area contributed by atoms with E-state index in [1.54, 1.807) is 4.90 Å². The number of carbonyl (C=O) groups is 3. The van der Waals surface area contributed by atoms with Gasteiger partial charge in [0.2, 0.25) is 11.8 Å². The number of hydrogen-bond acceptors (Lipinski definition) is 5. The highest BCUT2D eigenvalue weighted by molar-refractivity contribution is 6.28. The highest BCUT2D eigenvalue weighted by atomic mass is 16.2. The largest absolute Gasteiger partial charge is 0.370 e. The molecule has 0 aliphatic carbocycles. The van der Waals surface area contributed by atoms with E-state index in [9.17, 15) is 14.4 Å². The first-order chi connectivity index (χ1) is 17.0. The number of likely N-dealkylation sites (tertiary alicyclic amines) is 1. The van der Waals surface area contributed by atoms with E-state index < -0.39 is 11.9 Å². The van der Waals surface area contributed by atoms with Crippen LogP contribution < -0.4 is 15.1 Å². The van der Waals surface area contributed by atoms with Crippen LogP contribution in [0.5, 0.6) is 0 Å². The second-order valence-electron chi connectivity index (χ2n) is 9.75. The van der Waals surface area contributed by atoms with E-state index in [4.69, 9.17) is 0 Å². The Morgan fingerprint density at radius 1 is 0.971 bits per heavy atom. The molecule has 35 heavy (non-hydrogen) atoms. The molecule has 0 radical (unpaired) electrons. The third-order valence-electron chi connectivity index (χ3n) is 7.65. The summed E-state index contributed by atoms with van der Waals surface area (Å²) in [6, 6.07) is 20.1. The molecular formula is C28H28N4O3. The van der Waals surface area contributed by atoms with Crippen LogP contribution in [0.4, 0.5) is 11.4 Å². The number of imide groups is 1. The van der Waals surface area contributed by atoms with Gasteiger partial charge in [0, 0.05) is 55.6 Å². The highest BCUT2D eigenvalue weighted by Gasteiger charge is 2.41. The van der Waals surface area contributed by atoms with Crippen molar-refractivity contribution in [1.29, 1.82) is 0 Å². The fourth-order valence-electron chi connectivity index (χ4n) is 5.85. The van der Waals surface area contributed by atoms with Crippen LogP contribution in [0.25, 0.3) is 10.8 Å². The van der Waals surface area contributed by atoms with Crippen molar-refractivity contribution >= 4 is 39.9 Å². The number of rotatable bonds is 5. The molecule has 3 amide bonds. The molecule has 3 heterocycles. The van der Waals surface area contributed by atoms with Gasteiger partial charge in [-0.3, -0.25) is 29.5 Å². The molecule has 7 heteroatoms. The number of nitrogens with zero attached hydrogens (tertiary/aromatic N) is 3. The molecule has 3 aromatic carbocycles. The monoisotopic (exact) mass is 468 g/mol. The maximum atomic E-state index is 13.4. The Bertz CT molecular complexity index is 1340. The molecule has 6 rings (SSSR count). The number of nitrogens with one attached hydrogen (secondary N) is 1. The molecule has 3 aromatic rings. The van der Waals surface area contributed by atoms with Gasteiger partial charge in [0.15, 0.2) is 0 Å². The number of amides is 3. The summed E-state index contributed by atoms with van der Waals surface area (Å²) in [5, 5.41) is 4.30. The number of hydrogen-bond donors (Lipinski definition) is 1. The van der Waals surface area contributed by atoms with Crippen LogP contribution in [0.3, 0.4) is 0 Å². The maximum Gasteiger partial charge on any atom is 0.259 e. The van der Waals surface area contributed by atoms with Gasteiger partial charge in [0.05, 0.1) is 11.3 Å². The fourth-order valence-corrected chi connectivity index (χ4v) is 5.85. The van der Waals surface area contributed by atoms with Crippen LogP contribution in [0.2, 0.25) is 0 Å². The summed E-state index contributed by atoms with van der Waals surface area (Å²) in [6.07, 6.45) is 1.65. The standard InChI is InChI=1S/C28H28N4O3/c1-30(19-14-15-31(17-19)16-18-6-3-2-4-7-18)22-11-10-21-26-20(22)8-5-9-23(26)32(28(21)35)24-12-13-25(33)29-27(24)34/h2-11,19,24H,12-17H2,1H3,(H,29,33,34). The quantitative estimate of drug-likeness (QED) is 0.582. The summed E-state index contributed by atoms with van der Waals surface area (Å²) in [4.78, 5) is 44.0. The van der Waals surface area contributed by atoms with Crippen LogP contribution in [0.15, 0.2) is 60.7 Å². The molecule has 0 bridgehead atoms. The van der Waals surface area contributed by atoms with Crippen molar-refractivity contribution in [1.82, 2.24) is 10.2 Å². The molecule has 3 aliphatic heterocycles. The van der Waals surface area contributed by atoms with Crippen LogP contribution >= 0.6 is 0 Å². The van der Waals surface area contributed by atoms with Crippen LogP contribution in [-0.4, -0.2) is 54.8 Å². The van der Waals surface area contributed by atoms with E-state index in [0.29, 0.717) is 18.0 Å². The van der Waals surface area contributed by atoms with Gasteiger partial charge in [-0.05, 0) is 36.6 Å². The molecule has 2 fully saturated rings. The normalized spacial score (nSPS) is 22.2. The molecule has 2 atom stereocenters. The molecule has 7 nitrogen and oxygen atoms in total. The minimum Gasteiger partial charge on any atom is -0.370 e. The van der Waals surface area contributed by atoms with E-state index in [1.165, 1.54) is 5.56 Å². The summed E-state index contributed by atoms with van der Waals surface area (Å²) in [5.74, 6) is -0.855. The zero-order valence-corrected chi connectivity index (χ0v) is 19.7. The topological polar surface area (TPSA) is 73.0 Å². The zero-order chi connectivity index (χ0) is 24.1. The fraction of sp³-hybridized carbons (Fsp3) is 0.321. The van der Waals surface area contributed by atoms with Crippen molar-refractivity contribution in [2.45, 2.75) is 37.9 Å². The van der Waals surface area contributed by atoms with E-state index in [-0.39, 0.29) is 18.2 Å². The lowest BCUT2D eigenvalue weighted by molar-refractivity contribution is -0.134. The van der Waals surface area contributed by atoms with Crippen LogP contribution in [0.1, 0.15) is 35.2 Å². The number of benzene rings is 3. The molecule has 1 N–H and O–H groups in total. The van der Waals surface area contributed by atoms with Gasteiger partial charge >= 0.3 is 0 Å². The number of likely N-dealkylation sites (N-methyl/N-ethyl adjacent to an activating group) is 1. The number of carbonyl (C=O) groups excluding carboxylic acids is 3. The average Bonchev–Trinajstić information content (AvgIpc) is 3.44. The molecule has 2 saturated heterocycles. The van der Waals surface area contributed by atoms with E-state index >= 15 is 0 Å². The Kier molecular flexibility index (Phi) is 5.29. The van der Waals surface area contributed by atoms with Gasteiger partial charge in [0.25, 0.3) is 5.91 Å². The van der Waals surface area contributed by atoms with Gasteiger partial charge < -0.3 is 4.90 Å². The molecule has 0 saturated carbocycles. The van der Waals surface area contributed by atoms with Crippen molar-refractivity contribution in [3.63, 3.8) is 0 Å². The Labute approximate surface area is 204 Å². The molecule has 2 unspecified atom stereocenters. The van der Waals surface area contributed by atoms with Crippen molar-refractivity contribution in [2.24, 2.45) is 0 Å². The summed E-state index contributed by atoms with van der Waals surface area (Å²) in [5.41, 5.74) is 3.79. The van der Waals surface area contributed by atoms with Crippen molar-refractivity contribution < 1.29 is 14.4 Å². The third-order valence-corrected chi connectivity index (χ3v) is 7.65. The lowest BCUT2D eigenvalue weighted by Gasteiger charge is -2.30. The Morgan fingerprint density at radius 3 is 2.60 bits per heavy atom. The first-order valence-electron chi connectivity index (χ1n) is 12.2. The highest BCUT2D eigenvalue weighted by Crippen LogP contribution is 2.43. The van der Waals surface area contributed by atoms with Crippen molar-refractivity contribution in [3.8, 4) is 0 Å². The minimum absolute atomic E-state index is 0.171. The first kappa shape index (κ1) is 21.8. The molecular weight excluding hydrogens is 440 g/mol. The SMILES string of the molecule is CN(c1ccc2c3c(cccc13)N(C1CCC(=O)NC1=O)C2=O)C1CCN(Cc2ccccc2)C1. The number of anilines is 2. The Morgan fingerprint density at radius 2 is 1.80 bits per heavy atom. The predicted molar refractivity (Wildman–Crippen MR) is 135 cm³/mol. The molecule has 178 valence electrons. The lowest BCUT2D eigenvalue weighted by atomic mass is 10.0. The molecule has 0 aromatic heterocycles. The van der Waals surface area contributed by atoms with Gasteiger partial charge in [-0.15, -0.1) is 0 Å². The van der Waals surface area contributed by atoms with Crippen LogP contribution in [-0.2, 0) is 16.1 Å². The third kappa shape index (κ3) is 3.67. The Hall–Kier alpha value is -3.71. The summed E-state index contributed by atoms with van der Waals surface area (Å²) < 4.78 is 0. The minimum atomic E-state index is -0.666. The second-order valence-corrected chi connectivity index (χ2v) is 9.75. The Balaban J connectivity index is 1.29. The zero-order valence-electron chi connectivity index (χ0n) is 19.7. The second kappa shape index (κ2) is 8.50.